The van der Waals surface area contributed by atoms with Crippen LogP contribution in [0.25, 0.3) is 0 Å². The summed E-state index contributed by atoms with van der Waals surface area (Å²) in [6.45, 7) is 2.46. The van der Waals surface area contributed by atoms with Gasteiger partial charge in [-0.1, -0.05) is 6.92 Å². The Morgan fingerprint density at radius 1 is 1.21 bits per heavy atom. The molecule has 7 nitrogen and oxygen atoms in total. The summed E-state index contributed by atoms with van der Waals surface area (Å²) in [7, 11) is -2.54. The second-order valence-electron chi connectivity index (χ2n) is 6.89. The van der Waals surface area contributed by atoms with Crippen LogP contribution in [0.5, 0.6) is 5.75 Å². The number of sulfonamides is 1. The molecule has 1 aromatic heterocycles. The van der Waals surface area contributed by atoms with E-state index in [1.807, 2.05) is 6.92 Å². The Hall–Kier alpha value is -2.33. The lowest BCUT2D eigenvalue weighted by Gasteiger charge is -2.55. The molecule has 1 aromatic carbocycles. The molecule has 150 valence electrons. The molecule has 3 aliphatic heterocycles. The van der Waals surface area contributed by atoms with Crippen LogP contribution in [0.4, 0.5) is 14.6 Å². The minimum atomic E-state index is -3.85. The first-order valence-electron chi connectivity index (χ1n) is 8.98. The van der Waals surface area contributed by atoms with Crippen LogP contribution in [0.3, 0.4) is 0 Å². The summed E-state index contributed by atoms with van der Waals surface area (Å²) in [5, 5.41) is 0. The van der Waals surface area contributed by atoms with E-state index in [0.717, 1.165) is 6.07 Å². The Labute approximate surface area is 162 Å². The van der Waals surface area contributed by atoms with Crippen LogP contribution in [0.1, 0.15) is 19.0 Å². The topological polar surface area (TPSA) is 75.6 Å². The van der Waals surface area contributed by atoms with Crippen molar-refractivity contribution in [3.63, 3.8) is 0 Å². The number of anilines is 1. The zero-order valence-corrected chi connectivity index (χ0v) is 16.3. The van der Waals surface area contributed by atoms with E-state index in [1.54, 1.807) is 4.90 Å². The average molecular weight is 410 g/mol. The van der Waals surface area contributed by atoms with Crippen molar-refractivity contribution in [1.82, 2.24) is 14.3 Å². The Kier molecular flexibility index (Phi) is 4.70. The monoisotopic (exact) mass is 410 g/mol. The highest BCUT2D eigenvalue weighted by Gasteiger charge is 2.51. The molecule has 2 unspecified atom stereocenters. The van der Waals surface area contributed by atoms with E-state index in [1.165, 1.54) is 29.9 Å². The lowest BCUT2D eigenvalue weighted by Crippen LogP contribution is -2.70. The Morgan fingerprint density at radius 3 is 2.54 bits per heavy atom. The maximum atomic E-state index is 14.6. The molecular formula is C18H20F2N4O3S. The predicted octanol–water partition coefficient (Wildman–Crippen LogP) is 1.98. The summed E-state index contributed by atoms with van der Waals surface area (Å²) in [4.78, 5) is 9.63. The predicted molar refractivity (Wildman–Crippen MR) is 97.8 cm³/mol. The van der Waals surface area contributed by atoms with Gasteiger partial charge in [0.1, 0.15) is 6.33 Å². The third-order valence-electron chi connectivity index (χ3n) is 5.30. The lowest BCUT2D eigenvalue weighted by atomic mass is 9.91. The van der Waals surface area contributed by atoms with Crippen molar-refractivity contribution < 1.29 is 21.9 Å². The largest absolute Gasteiger partial charge is 0.494 e. The van der Waals surface area contributed by atoms with Gasteiger partial charge >= 0.3 is 0 Å². The van der Waals surface area contributed by atoms with E-state index in [0.29, 0.717) is 31.6 Å². The second-order valence-corrected chi connectivity index (χ2v) is 8.73. The Bertz CT molecular complexity index is 1010. The standard InChI is InChI=1S/C18H20F2N4O3S/c1-3-15-17(20)18(22-10-21-15)23-8-11-6-12(9-23)24(11)28(25,26)13-4-5-16(27-2)14(19)7-13/h4-5,7,10-12H,3,6,8-9H2,1-2H3. The molecule has 4 heterocycles. The minimum Gasteiger partial charge on any atom is -0.494 e. The molecule has 3 aliphatic rings. The molecule has 3 fully saturated rings. The first-order valence-corrected chi connectivity index (χ1v) is 10.4. The van der Waals surface area contributed by atoms with Crippen LogP contribution in [0.2, 0.25) is 0 Å². The molecule has 0 spiro atoms. The summed E-state index contributed by atoms with van der Waals surface area (Å²) in [5.41, 5.74) is 0.336. The van der Waals surface area contributed by atoms with Gasteiger partial charge in [-0.3, -0.25) is 0 Å². The molecule has 2 bridgehead atoms. The molecule has 0 saturated carbocycles. The molecule has 0 aliphatic carbocycles. The molecule has 0 amide bonds. The SMILES string of the molecule is CCc1ncnc(N2CC3CC(C2)N3S(=O)(=O)c2ccc(OC)c(F)c2)c1F. The zero-order chi connectivity index (χ0) is 20.1. The van der Waals surface area contributed by atoms with E-state index in [-0.39, 0.29) is 28.5 Å². The van der Waals surface area contributed by atoms with Gasteiger partial charge in [0.25, 0.3) is 0 Å². The van der Waals surface area contributed by atoms with Crippen molar-refractivity contribution in [2.75, 3.05) is 25.1 Å². The van der Waals surface area contributed by atoms with Gasteiger partial charge in [-0.2, -0.15) is 4.31 Å². The number of nitrogens with zero attached hydrogens (tertiary/aromatic N) is 4. The van der Waals surface area contributed by atoms with Gasteiger partial charge in [-0.25, -0.2) is 27.2 Å². The molecule has 0 N–H and O–H groups in total. The first kappa shape index (κ1) is 19.0. The van der Waals surface area contributed by atoms with Crippen molar-refractivity contribution in [1.29, 1.82) is 0 Å². The highest BCUT2D eigenvalue weighted by atomic mass is 32.2. The molecule has 3 saturated heterocycles. The third kappa shape index (κ3) is 2.91. The van der Waals surface area contributed by atoms with Gasteiger partial charge in [0.05, 0.1) is 17.7 Å². The number of halogens is 2. The van der Waals surface area contributed by atoms with Crippen molar-refractivity contribution >= 4 is 15.8 Å². The number of benzene rings is 1. The smallest absolute Gasteiger partial charge is 0.243 e. The number of fused-ring (bicyclic) bond motifs is 2. The fraction of sp³-hybridized carbons (Fsp3) is 0.444. The second kappa shape index (κ2) is 6.93. The number of aromatic nitrogens is 2. The molecule has 2 atom stereocenters. The summed E-state index contributed by atoms with van der Waals surface area (Å²) in [5.74, 6) is -1.00. The van der Waals surface area contributed by atoms with Crippen molar-refractivity contribution in [3.05, 3.63) is 41.9 Å². The molecule has 10 heteroatoms. The van der Waals surface area contributed by atoms with Crippen molar-refractivity contribution in [3.8, 4) is 5.75 Å². The highest BCUT2D eigenvalue weighted by molar-refractivity contribution is 7.89. The van der Waals surface area contributed by atoms with E-state index < -0.39 is 21.7 Å². The Balaban J connectivity index is 1.57. The summed E-state index contributed by atoms with van der Waals surface area (Å²) < 4.78 is 60.8. The summed E-state index contributed by atoms with van der Waals surface area (Å²) >= 11 is 0. The Morgan fingerprint density at radius 2 is 1.93 bits per heavy atom. The van der Waals surface area contributed by atoms with Crippen molar-refractivity contribution in [2.45, 2.75) is 36.7 Å². The maximum Gasteiger partial charge on any atom is 0.243 e. The summed E-state index contributed by atoms with van der Waals surface area (Å²) in [6, 6.07) is 2.98. The van der Waals surface area contributed by atoms with Gasteiger partial charge in [0.2, 0.25) is 10.0 Å². The van der Waals surface area contributed by atoms with Gasteiger partial charge < -0.3 is 9.64 Å². The van der Waals surface area contributed by atoms with E-state index in [9.17, 15) is 17.2 Å². The summed E-state index contributed by atoms with van der Waals surface area (Å²) in [6.07, 6.45) is 2.46. The van der Waals surface area contributed by atoms with Crippen molar-refractivity contribution in [2.24, 2.45) is 0 Å². The number of ether oxygens (including phenoxy) is 1. The number of hydrogen-bond acceptors (Lipinski definition) is 6. The van der Waals surface area contributed by atoms with Crippen LogP contribution >= 0.6 is 0 Å². The first-order chi connectivity index (χ1) is 13.4. The fourth-order valence-electron chi connectivity index (χ4n) is 3.93. The lowest BCUT2D eigenvalue weighted by molar-refractivity contribution is 0.0870. The molecule has 2 aromatic rings. The fourth-order valence-corrected chi connectivity index (χ4v) is 5.76. The van der Waals surface area contributed by atoms with Crippen LogP contribution in [0.15, 0.2) is 29.4 Å². The maximum absolute atomic E-state index is 14.6. The van der Waals surface area contributed by atoms with Gasteiger partial charge in [0.15, 0.2) is 23.2 Å². The van der Waals surface area contributed by atoms with Crippen LogP contribution in [0, 0.1) is 11.6 Å². The zero-order valence-electron chi connectivity index (χ0n) is 15.5. The van der Waals surface area contributed by atoms with Crippen LogP contribution in [-0.4, -0.2) is 55.0 Å². The van der Waals surface area contributed by atoms with Gasteiger partial charge in [-0.15, -0.1) is 0 Å². The number of piperazine rings is 1. The molecule has 28 heavy (non-hydrogen) atoms. The van der Waals surface area contributed by atoms with Crippen LogP contribution < -0.4 is 9.64 Å². The van der Waals surface area contributed by atoms with Crippen LogP contribution in [-0.2, 0) is 16.4 Å². The van der Waals surface area contributed by atoms with E-state index in [2.05, 4.69) is 9.97 Å². The quantitative estimate of drug-likeness (QED) is 0.750. The number of aryl methyl sites for hydroxylation is 1. The van der Waals surface area contributed by atoms with E-state index in [4.69, 9.17) is 4.74 Å². The molecule has 0 radical (unpaired) electrons. The highest BCUT2D eigenvalue weighted by Crippen LogP contribution is 2.39. The minimum absolute atomic E-state index is 0.0140. The van der Waals surface area contributed by atoms with Gasteiger partial charge in [-0.05, 0) is 31.0 Å². The van der Waals surface area contributed by atoms with E-state index >= 15 is 0 Å². The number of rotatable bonds is 5. The number of hydrogen-bond donors (Lipinski definition) is 0. The third-order valence-corrected chi connectivity index (χ3v) is 7.30. The van der Waals surface area contributed by atoms with Gasteiger partial charge in [0, 0.05) is 25.2 Å². The number of methoxy groups -OCH3 is 1. The number of piperidine rings is 1. The molecule has 5 rings (SSSR count). The molecular weight excluding hydrogens is 390 g/mol. The normalized spacial score (nSPS) is 22.1. The average Bonchev–Trinajstić information content (AvgIpc) is 2.67.